The highest BCUT2D eigenvalue weighted by Gasteiger charge is 2.15. The second-order valence-corrected chi connectivity index (χ2v) is 4.81. The van der Waals surface area contributed by atoms with Crippen molar-refractivity contribution in [1.82, 2.24) is 15.0 Å². The van der Waals surface area contributed by atoms with Crippen LogP contribution in [-0.2, 0) is 0 Å². The van der Waals surface area contributed by atoms with Gasteiger partial charge in [0.05, 0.1) is 0 Å². The van der Waals surface area contributed by atoms with E-state index >= 15 is 0 Å². The highest BCUT2D eigenvalue weighted by molar-refractivity contribution is 9.10. The molecule has 0 aliphatic heterocycles. The Morgan fingerprint density at radius 2 is 1.84 bits per heavy atom. The Labute approximate surface area is 122 Å². The van der Waals surface area contributed by atoms with Gasteiger partial charge in [0.25, 0.3) is 0 Å². The van der Waals surface area contributed by atoms with Crippen molar-refractivity contribution in [3.63, 3.8) is 0 Å². The molecule has 0 bridgehead atoms. The molecule has 2 heterocycles. The maximum atomic E-state index is 5.77. The maximum absolute atomic E-state index is 5.77. The first-order chi connectivity index (χ1) is 9.24. The highest BCUT2D eigenvalue weighted by Crippen LogP contribution is 2.31. The molecule has 0 radical (unpaired) electrons. The lowest BCUT2D eigenvalue weighted by molar-refractivity contribution is 0.586. The van der Waals surface area contributed by atoms with E-state index in [-0.39, 0.29) is 5.28 Å². The minimum Gasteiger partial charge on any atom is -0.433 e. The summed E-state index contributed by atoms with van der Waals surface area (Å²) in [4.78, 5) is 12.3. The van der Waals surface area contributed by atoms with E-state index < -0.39 is 0 Å². The molecule has 0 fully saturated rings. The number of hydrogen-bond donors (Lipinski definition) is 0. The molecule has 0 saturated heterocycles. The number of hydrogen-bond acceptors (Lipinski definition) is 4. The van der Waals surface area contributed by atoms with Crippen molar-refractivity contribution in [2.45, 2.75) is 0 Å². The lowest BCUT2D eigenvalue weighted by atomic mass is 10.2. The summed E-state index contributed by atoms with van der Waals surface area (Å²) in [6.45, 7) is 0. The fourth-order valence-electron chi connectivity index (χ4n) is 1.63. The van der Waals surface area contributed by atoms with Crippen molar-refractivity contribution in [2.75, 3.05) is 0 Å². The second-order valence-electron chi connectivity index (χ2n) is 3.72. The Morgan fingerprint density at radius 1 is 1.05 bits per heavy atom. The normalized spacial score (nSPS) is 10.6. The van der Waals surface area contributed by atoms with Gasteiger partial charge in [-0.05, 0) is 45.7 Å². The zero-order valence-electron chi connectivity index (χ0n) is 9.55. The van der Waals surface area contributed by atoms with Crippen LogP contribution in [0.15, 0.2) is 51.6 Å². The molecular formula is C13H7BrClN3O. The van der Waals surface area contributed by atoms with E-state index in [9.17, 15) is 0 Å². The third-order valence-electron chi connectivity index (χ3n) is 2.47. The summed E-state index contributed by atoms with van der Waals surface area (Å²) in [6, 6.07) is 11.4. The average Bonchev–Trinajstić information content (AvgIpc) is 2.82. The van der Waals surface area contributed by atoms with Gasteiger partial charge in [0.15, 0.2) is 10.4 Å². The van der Waals surface area contributed by atoms with Gasteiger partial charge in [-0.1, -0.05) is 18.2 Å². The van der Waals surface area contributed by atoms with E-state index in [1.54, 1.807) is 12.3 Å². The first kappa shape index (κ1) is 12.3. The van der Waals surface area contributed by atoms with Crippen LogP contribution in [0.25, 0.3) is 22.9 Å². The van der Waals surface area contributed by atoms with Crippen LogP contribution in [0.1, 0.15) is 0 Å². The van der Waals surface area contributed by atoms with Gasteiger partial charge in [0.2, 0.25) is 11.2 Å². The predicted octanol–water partition coefficient (Wildman–Crippen LogP) is 4.21. The Kier molecular flexibility index (Phi) is 3.31. The van der Waals surface area contributed by atoms with E-state index in [1.165, 1.54) is 0 Å². The van der Waals surface area contributed by atoms with Gasteiger partial charge in [-0.25, -0.2) is 15.0 Å². The van der Waals surface area contributed by atoms with Crippen molar-refractivity contribution >= 4 is 27.5 Å². The van der Waals surface area contributed by atoms with Gasteiger partial charge in [0, 0.05) is 11.8 Å². The maximum Gasteiger partial charge on any atom is 0.227 e. The minimum atomic E-state index is 0.169. The second kappa shape index (κ2) is 5.11. The average molecular weight is 337 g/mol. The molecule has 0 saturated carbocycles. The molecule has 19 heavy (non-hydrogen) atoms. The Morgan fingerprint density at radius 3 is 2.58 bits per heavy atom. The molecule has 94 valence electrons. The smallest absolute Gasteiger partial charge is 0.227 e. The number of benzene rings is 1. The largest absolute Gasteiger partial charge is 0.433 e. The lowest BCUT2D eigenvalue weighted by Crippen LogP contribution is -1.85. The minimum absolute atomic E-state index is 0.169. The quantitative estimate of drug-likeness (QED) is 0.658. The van der Waals surface area contributed by atoms with E-state index in [4.69, 9.17) is 16.0 Å². The molecule has 3 rings (SSSR count). The van der Waals surface area contributed by atoms with Crippen LogP contribution in [0.2, 0.25) is 5.28 Å². The van der Waals surface area contributed by atoms with Crippen molar-refractivity contribution in [3.05, 3.63) is 52.5 Å². The van der Waals surface area contributed by atoms with Gasteiger partial charge >= 0.3 is 0 Å². The topological polar surface area (TPSA) is 51.8 Å². The fourth-order valence-corrected chi connectivity index (χ4v) is 2.22. The molecule has 0 spiro atoms. The summed E-state index contributed by atoms with van der Waals surface area (Å²) in [5.41, 5.74) is 1.48. The van der Waals surface area contributed by atoms with Gasteiger partial charge in [-0.2, -0.15) is 0 Å². The molecule has 1 aromatic carbocycles. The van der Waals surface area contributed by atoms with E-state index in [2.05, 4.69) is 30.9 Å². The highest BCUT2D eigenvalue weighted by atomic mass is 79.9. The number of aromatic nitrogens is 3. The van der Waals surface area contributed by atoms with E-state index in [0.717, 1.165) is 5.56 Å². The van der Waals surface area contributed by atoms with E-state index in [0.29, 0.717) is 21.9 Å². The first-order valence-corrected chi connectivity index (χ1v) is 6.62. The van der Waals surface area contributed by atoms with Gasteiger partial charge < -0.3 is 4.42 Å². The summed E-state index contributed by atoms with van der Waals surface area (Å²) >= 11 is 9.14. The van der Waals surface area contributed by atoms with Gasteiger partial charge in [-0.15, -0.1) is 0 Å². The number of halogens is 2. The van der Waals surface area contributed by atoms with Crippen LogP contribution in [-0.4, -0.2) is 15.0 Å². The summed E-state index contributed by atoms with van der Waals surface area (Å²) < 4.78 is 6.32. The van der Waals surface area contributed by atoms with Crippen LogP contribution in [0.5, 0.6) is 0 Å². The van der Waals surface area contributed by atoms with Crippen LogP contribution in [0, 0.1) is 0 Å². The standard InChI is InChI=1S/C13H7BrClN3O/c14-11-10(9-6-7-16-13(15)17-9)19-12(18-11)8-4-2-1-3-5-8/h1-7H. The number of oxazole rings is 1. The molecule has 0 unspecified atom stereocenters. The van der Waals surface area contributed by atoms with Crippen LogP contribution >= 0.6 is 27.5 Å². The van der Waals surface area contributed by atoms with Crippen molar-refractivity contribution in [3.8, 4) is 22.9 Å². The Bertz CT molecular complexity index is 715. The molecule has 6 heteroatoms. The zero-order valence-corrected chi connectivity index (χ0v) is 11.9. The van der Waals surface area contributed by atoms with Crippen molar-refractivity contribution in [1.29, 1.82) is 0 Å². The summed E-state index contributed by atoms with van der Waals surface area (Å²) in [6.07, 6.45) is 1.57. The van der Waals surface area contributed by atoms with Crippen LogP contribution in [0.4, 0.5) is 0 Å². The Balaban J connectivity index is 2.08. The van der Waals surface area contributed by atoms with E-state index in [1.807, 2.05) is 30.3 Å². The third-order valence-corrected chi connectivity index (χ3v) is 3.18. The molecule has 0 aliphatic rings. The SMILES string of the molecule is Clc1nccc(-c2oc(-c3ccccc3)nc2Br)n1. The monoisotopic (exact) mass is 335 g/mol. The Hall–Kier alpha value is -1.72. The molecule has 3 aromatic rings. The van der Waals surface area contributed by atoms with Gasteiger partial charge in [-0.3, -0.25) is 0 Å². The summed E-state index contributed by atoms with van der Waals surface area (Å²) in [7, 11) is 0. The fraction of sp³-hybridized carbons (Fsp3) is 0. The third kappa shape index (κ3) is 2.52. The molecule has 0 amide bonds. The molecule has 4 nitrogen and oxygen atoms in total. The first-order valence-electron chi connectivity index (χ1n) is 5.45. The number of rotatable bonds is 2. The van der Waals surface area contributed by atoms with Crippen molar-refractivity contribution in [2.24, 2.45) is 0 Å². The molecule has 0 atom stereocenters. The molecule has 0 N–H and O–H groups in total. The lowest BCUT2D eigenvalue weighted by Gasteiger charge is -1.96. The summed E-state index contributed by atoms with van der Waals surface area (Å²) in [5.74, 6) is 1.06. The molecular weight excluding hydrogens is 330 g/mol. The van der Waals surface area contributed by atoms with Crippen molar-refractivity contribution < 1.29 is 4.42 Å². The van der Waals surface area contributed by atoms with Gasteiger partial charge in [0.1, 0.15) is 5.69 Å². The number of nitrogens with zero attached hydrogens (tertiary/aromatic N) is 3. The molecule has 0 aliphatic carbocycles. The zero-order chi connectivity index (χ0) is 13.2. The summed E-state index contributed by atoms with van der Waals surface area (Å²) in [5, 5.41) is 0.169. The van der Waals surface area contributed by atoms with Crippen LogP contribution in [0.3, 0.4) is 0 Å². The predicted molar refractivity (Wildman–Crippen MR) is 75.7 cm³/mol. The molecule has 2 aromatic heterocycles. The van der Waals surface area contributed by atoms with Crippen LogP contribution < -0.4 is 0 Å².